The summed E-state index contributed by atoms with van der Waals surface area (Å²) in [5.74, 6) is 0. The lowest BCUT2D eigenvalue weighted by Gasteiger charge is -2.20. The van der Waals surface area contributed by atoms with Crippen molar-refractivity contribution in [2.75, 3.05) is 0 Å². The lowest BCUT2D eigenvalue weighted by molar-refractivity contribution is -0.659. The summed E-state index contributed by atoms with van der Waals surface area (Å²) in [6, 6.07) is 29.6. The average molecular weight is 500 g/mol. The summed E-state index contributed by atoms with van der Waals surface area (Å²) < 4.78 is 4.78. The molecule has 184 valence electrons. The van der Waals surface area contributed by atoms with Crippen molar-refractivity contribution in [3.8, 4) is 16.9 Å². The number of aryl methyl sites for hydroxylation is 3. The zero-order chi connectivity index (χ0) is 26.1. The highest BCUT2D eigenvalue weighted by atomic mass is 28.3. The van der Waals surface area contributed by atoms with Gasteiger partial charge in [-0.15, -0.1) is 0 Å². The highest BCUT2D eigenvalue weighted by Crippen LogP contribution is 2.35. The van der Waals surface area contributed by atoms with E-state index in [0.29, 0.717) is 0 Å². The Labute approximate surface area is 220 Å². The zero-order valence-electron chi connectivity index (χ0n) is 23.0. The average Bonchev–Trinajstić information content (AvgIpc) is 3.20. The molecule has 6 aromatic rings. The summed E-state index contributed by atoms with van der Waals surface area (Å²) in [5.41, 5.74) is 10.4. The molecule has 0 saturated carbocycles. The number of hydrogen-bond acceptors (Lipinski definition) is 0. The molecule has 0 bridgehead atoms. The fraction of sp³-hybridized carbons (Fsp3) is 0.206. The van der Waals surface area contributed by atoms with Crippen molar-refractivity contribution < 1.29 is 4.57 Å². The maximum absolute atomic E-state index is 2.51. The second-order valence-electron chi connectivity index (χ2n) is 11.6. The van der Waals surface area contributed by atoms with Gasteiger partial charge in [0.1, 0.15) is 7.05 Å². The van der Waals surface area contributed by atoms with Gasteiger partial charge >= 0.3 is 0 Å². The predicted octanol–water partition coefficient (Wildman–Crippen LogP) is 7.90. The second kappa shape index (κ2) is 8.42. The molecule has 0 unspecified atom stereocenters. The van der Waals surface area contributed by atoms with Gasteiger partial charge in [-0.1, -0.05) is 67.7 Å². The van der Waals surface area contributed by atoms with Crippen LogP contribution in [0.1, 0.15) is 16.7 Å². The molecule has 0 N–H and O–H groups in total. The minimum Gasteiger partial charge on any atom is -0.309 e. The van der Waals surface area contributed by atoms with Gasteiger partial charge in [0.25, 0.3) is 0 Å². The topological polar surface area (TPSA) is 8.81 Å². The van der Waals surface area contributed by atoms with Gasteiger partial charge in [-0.05, 0) is 72.8 Å². The van der Waals surface area contributed by atoms with Crippen LogP contribution in [0.3, 0.4) is 0 Å². The molecule has 2 aromatic heterocycles. The van der Waals surface area contributed by atoms with Crippen molar-refractivity contribution in [2.45, 2.75) is 40.4 Å². The highest BCUT2D eigenvalue weighted by Gasteiger charge is 2.24. The molecule has 0 fully saturated rings. The molecule has 6 rings (SSSR count). The highest BCUT2D eigenvalue weighted by molar-refractivity contribution is 6.90. The third-order valence-electron chi connectivity index (χ3n) is 7.95. The summed E-state index contributed by atoms with van der Waals surface area (Å²) >= 11 is 0. The van der Waals surface area contributed by atoms with Gasteiger partial charge in [0, 0.05) is 22.5 Å². The van der Waals surface area contributed by atoms with Gasteiger partial charge < -0.3 is 4.57 Å². The molecular weight excluding hydrogens is 464 g/mol. The summed E-state index contributed by atoms with van der Waals surface area (Å²) in [4.78, 5) is 0. The first kappa shape index (κ1) is 23.7. The number of aromatic nitrogens is 2. The fourth-order valence-electron chi connectivity index (χ4n) is 6.01. The first-order chi connectivity index (χ1) is 17.6. The molecule has 0 atom stereocenters. The number of hydrogen-bond donors (Lipinski definition) is 0. The summed E-state index contributed by atoms with van der Waals surface area (Å²) in [7, 11) is 0.579. The number of pyridine rings is 1. The van der Waals surface area contributed by atoms with Gasteiger partial charge in [-0.3, -0.25) is 0 Å². The Morgan fingerprint density at radius 2 is 1.49 bits per heavy atom. The van der Waals surface area contributed by atoms with Crippen LogP contribution in [-0.2, 0) is 7.05 Å². The monoisotopic (exact) mass is 499 g/mol. The van der Waals surface area contributed by atoms with Gasteiger partial charge in [0.15, 0.2) is 6.20 Å². The molecule has 0 aliphatic rings. The number of fused-ring (bicyclic) bond motifs is 4. The summed E-state index contributed by atoms with van der Waals surface area (Å²) in [5, 5.41) is 6.73. The third-order valence-corrected chi connectivity index (χ3v) is 9.97. The largest absolute Gasteiger partial charge is 0.309 e. The molecule has 37 heavy (non-hydrogen) atoms. The van der Waals surface area contributed by atoms with E-state index in [1.54, 1.807) is 0 Å². The van der Waals surface area contributed by atoms with E-state index in [-0.39, 0.29) is 0 Å². The molecule has 2 nitrogen and oxygen atoms in total. The first-order valence-electron chi connectivity index (χ1n) is 13.2. The summed E-state index contributed by atoms with van der Waals surface area (Å²) in [6.07, 6.45) is 2.21. The van der Waals surface area contributed by atoms with Gasteiger partial charge in [0.2, 0.25) is 5.69 Å². The van der Waals surface area contributed by atoms with Crippen LogP contribution in [0, 0.1) is 20.8 Å². The Morgan fingerprint density at radius 1 is 0.730 bits per heavy atom. The van der Waals surface area contributed by atoms with Crippen molar-refractivity contribution in [1.29, 1.82) is 0 Å². The van der Waals surface area contributed by atoms with E-state index in [0.717, 1.165) is 0 Å². The van der Waals surface area contributed by atoms with Crippen LogP contribution in [0.5, 0.6) is 0 Å². The van der Waals surface area contributed by atoms with Gasteiger partial charge in [-0.2, -0.15) is 0 Å². The van der Waals surface area contributed by atoms with Crippen LogP contribution in [0.4, 0.5) is 0 Å². The first-order valence-corrected chi connectivity index (χ1v) is 16.7. The molecule has 3 heteroatoms. The van der Waals surface area contributed by atoms with E-state index in [1.807, 2.05) is 0 Å². The molecule has 0 spiro atoms. The third kappa shape index (κ3) is 3.72. The SMILES string of the molecule is Cc1cc(C)c(C)c(-c2c3ccc(-n4c5ccccc5c5cccc([Si](C)(C)C)c54)cc3cc[n+]2C)c1. The predicted molar refractivity (Wildman–Crippen MR) is 162 cm³/mol. The minimum atomic E-state index is -1.58. The molecule has 0 aliphatic heterocycles. The van der Waals surface area contributed by atoms with Crippen molar-refractivity contribution in [3.63, 3.8) is 0 Å². The van der Waals surface area contributed by atoms with Crippen LogP contribution in [0.2, 0.25) is 19.6 Å². The molecule has 2 heterocycles. The van der Waals surface area contributed by atoms with E-state index in [2.05, 4.69) is 142 Å². The number of benzene rings is 4. The Balaban J connectivity index is 1.68. The molecule has 0 amide bonds. The second-order valence-corrected chi connectivity index (χ2v) is 16.6. The van der Waals surface area contributed by atoms with Crippen LogP contribution in [0.15, 0.2) is 85.1 Å². The quantitative estimate of drug-likeness (QED) is 0.173. The van der Waals surface area contributed by atoms with Gasteiger partial charge in [-0.25, -0.2) is 4.57 Å². The Morgan fingerprint density at radius 3 is 2.27 bits per heavy atom. The Hall–Kier alpha value is -3.69. The normalized spacial score (nSPS) is 12.2. The molecule has 0 aliphatic carbocycles. The molecule has 0 saturated heterocycles. The maximum Gasteiger partial charge on any atom is 0.220 e. The number of nitrogens with zero attached hydrogens (tertiary/aromatic N) is 2. The van der Waals surface area contributed by atoms with E-state index < -0.39 is 8.07 Å². The Bertz CT molecular complexity index is 1850. The zero-order valence-corrected chi connectivity index (χ0v) is 24.0. The van der Waals surface area contributed by atoms with Crippen LogP contribution in [0.25, 0.3) is 49.5 Å². The van der Waals surface area contributed by atoms with Gasteiger partial charge in [0.05, 0.1) is 30.1 Å². The fourth-order valence-corrected chi connectivity index (χ4v) is 7.57. The van der Waals surface area contributed by atoms with Crippen LogP contribution >= 0.6 is 0 Å². The standard InChI is InChI=1S/C34H35N2Si/c1-22-19-23(2)24(3)30(20-22)33-27-16-15-26(21-25(27)17-18-35(33)4)36-31-13-9-8-11-28(31)29-12-10-14-32(34(29)36)37(5,6)7/h8-21H,1-7H3/q+1. The molecular formula is C34H35N2Si+. The van der Waals surface area contributed by atoms with Crippen molar-refractivity contribution in [3.05, 3.63) is 102 Å². The number of rotatable bonds is 3. The number of para-hydroxylation sites is 2. The van der Waals surface area contributed by atoms with Crippen LogP contribution in [-0.4, -0.2) is 12.6 Å². The Kier molecular flexibility index (Phi) is 5.39. The maximum atomic E-state index is 2.51. The van der Waals surface area contributed by atoms with E-state index in [4.69, 9.17) is 0 Å². The lowest BCUT2D eigenvalue weighted by atomic mass is 9.94. The molecule has 4 aromatic carbocycles. The minimum absolute atomic E-state index is 1.22. The van der Waals surface area contributed by atoms with E-state index >= 15 is 0 Å². The van der Waals surface area contributed by atoms with Crippen molar-refractivity contribution in [1.82, 2.24) is 4.57 Å². The van der Waals surface area contributed by atoms with Crippen molar-refractivity contribution >= 4 is 45.8 Å². The lowest BCUT2D eigenvalue weighted by Crippen LogP contribution is -2.38. The summed E-state index contributed by atoms with van der Waals surface area (Å²) in [6.45, 7) is 14.0. The van der Waals surface area contributed by atoms with E-state index in [9.17, 15) is 0 Å². The smallest absolute Gasteiger partial charge is 0.220 e. The van der Waals surface area contributed by atoms with Crippen LogP contribution < -0.4 is 9.75 Å². The van der Waals surface area contributed by atoms with E-state index in [1.165, 1.54) is 71.4 Å². The van der Waals surface area contributed by atoms with Crippen molar-refractivity contribution in [2.24, 2.45) is 7.05 Å². The molecule has 0 radical (unpaired) electrons.